The molecule has 2 heteroatoms. The summed E-state index contributed by atoms with van der Waals surface area (Å²) in [6.45, 7) is 9.42. The normalized spacial score (nSPS) is 17.0. The molecule has 0 aromatic carbocycles. The van der Waals surface area contributed by atoms with Crippen LogP contribution in [0.3, 0.4) is 0 Å². The van der Waals surface area contributed by atoms with Crippen LogP contribution in [-0.4, -0.2) is 29.1 Å². The Kier molecular flexibility index (Phi) is 14.0. The topological polar surface area (TPSA) is 6.48 Å². The van der Waals surface area contributed by atoms with E-state index in [9.17, 15) is 0 Å². The Morgan fingerprint density at radius 2 is 0.840 bits per heavy atom. The molecular formula is C23H46N2. The molecule has 1 heterocycles. The van der Waals surface area contributed by atoms with Gasteiger partial charge in [0.15, 0.2) is 0 Å². The van der Waals surface area contributed by atoms with E-state index in [1.165, 1.54) is 109 Å². The van der Waals surface area contributed by atoms with Crippen molar-refractivity contribution in [2.24, 2.45) is 0 Å². The number of unbranched alkanes of at least 4 members (excludes halogenated alkanes) is 13. The Morgan fingerprint density at radius 3 is 1.20 bits per heavy atom. The Hall–Kier alpha value is -0.660. The Labute approximate surface area is 159 Å². The largest absolute Gasteiger partial charge is 0.356 e. The van der Waals surface area contributed by atoms with Gasteiger partial charge in [0.25, 0.3) is 0 Å². The second kappa shape index (κ2) is 15.6. The standard InChI is InChI=1S/C23H46N2/c1-4-6-8-10-12-13-14-16-18-20-25-22-21-24(23(25)3)19-17-15-11-9-7-5-2/h21-23H,4-20H2,1-3H3. The molecule has 1 aliphatic heterocycles. The van der Waals surface area contributed by atoms with E-state index in [2.05, 4.69) is 43.0 Å². The first-order chi connectivity index (χ1) is 12.3. The maximum absolute atomic E-state index is 2.54. The van der Waals surface area contributed by atoms with Gasteiger partial charge in [-0.1, -0.05) is 97.3 Å². The fraction of sp³-hybridized carbons (Fsp3) is 0.913. The maximum Gasteiger partial charge on any atom is 0.0977 e. The zero-order chi connectivity index (χ0) is 18.2. The number of rotatable bonds is 17. The van der Waals surface area contributed by atoms with Crippen molar-refractivity contribution < 1.29 is 0 Å². The van der Waals surface area contributed by atoms with E-state index in [1.54, 1.807) is 0 Å². The zero-order valence-electron chi connectivity index (χ0n) is 17.6. The molecule has 0 N–H and O–H groups in total. The van der Waals surface area contributed by atoms with E-state index in [1.807, 2.05) is 0 Å². The van der Waals surface area contributed by atoms with Crippen LogP contribution in [0.15, 0.2) is 12.4 Å². The van der Waals surface area contributed by atoms with Gasteiger partial charge in [0.1, 0.15) is 0 Å². The third kappa shape index (κ3) is 10.8. The first-order valence-corrected chi connectivity index (χ1v) is 11.5. The van der Waals surface area contributed by atoms with Gasteiger partial charge in [0.2, 0.25) is 0 Å². The fourth-order valence-corrected chi connectivity index (χ4v) is 3.81. The van der Waals surface area contributed by atoms with Crippen molar-refractivity contribution in [1.29, 1.82) is 0 Å². The highest BCUT2D eigenvalue weighted by atomic mass is 15.4. The highest BCUT2D eigenvalue weighted by molar-refractivity contribution is 4.95. The summed E-state index contributed by atoms with van der Waals surface area (Å²) in [7, 11) is 0. The lowest BCUT2D eigenvalue weighted by atomic mass is 10.1. The maximum atomic E-state index is 2.54. The van der Waals surface area contributed by atoms with Crippen molar-refractivity contribution in [1.82, 2.24) is 9.80 Å². The molecule has 1 atom stereocenters. The fourth-order valence-electron chi connectivity index (χ4n) is 3.81. The number of hydrogen-bond donors (Lipinski definition) is 0. The summed E-state index contributed by atoms with van der Waals surface area (Å²) in [4.78, 5) is 5.08. The van der Waals surface area contributed by atoms with Crippen molar-refractivity contribution in [2.45, 2.75) is 123 Å². The molecule has 0 aliphatic carbocycles. The molecule has 0 aromatic heterocycles. The van der Waals surface area contributed by atoms with Crippen LogP contribution >= 0.6 is 0 Å². The minimum atomic E-state index is 0.574. The molecule has 1 rings (SSSR count). The molecule has 1 unspecified atom stereocenters. The Bertz CT molecular complexity index is 313. The minimum Gasteiger partial charge on any atom is -0.356 e. The average Bonchev–Trinajstić information content (AvgIpc) is 2.97. The third-order valence-electron chi connectivity index (χ3n) is 5.70. The highest BCUT2D eigenvalue weighted by Gasteiger charge is 2.20. The second-order valence-corrected chi connectivity index (χ2v) is 8.00. The molecule has 0 spiro atoms. The lowest BCUT2D eigenvalue weighted by Crippen LogP contribution is -2.36. The van der Waals surface area contributed by atoms with Crippen LogP contribution in [0.1, 0.15) is 117 Å². The number of hydrogen-bond acceptors (Lipinski definition) is 2. The summed E-state index contributed by atoms with van der Waals surface area (Å²) in [5, 5.41) is 0. The molecule has 0 fully saturated rings. The lowest BCUT2D eigenvalue weighted by molar-refractivity contribution is 0.165. The predicted octanol–water partition coefficient (Wildman–Crippen LogP) is 7.31. The van der Waals surface area contributed by atoms with Crippen molar-refractivity contribution in [3.8, 4) is 0 Å². The highest BCUT2D eigenvalue weighted by Crippen LogP contribution is 2.18. The van der Waals surface area contributed by atoms with Gasteiger partial charge >= 0.3 is 0 Å². The van der Waals surface area contributed by atoms with E-state index >= 15 is 0 Å². The zero-order valence-corrected chi connectivity index (χ0v) is 17.6. The minimum absolute atomic E-state index is 0.574. The quantitative estimate of drug-likeness (QED) is 0.254. The summed E-state index contributed by atoms with van der Waals surface area (Å²) >= 11 is 0. The van der Waals surface area contributed by atoms with E-state index in [-0.39, 0.29) is 0 Å². The second-order valence-electron chi connectivity index (χ2n) is 8.00. The molecule has 2 nitrogen and oxygen atoms in total. The van der Waals surface area contributed by atoms with E-state index < -0.39 is 0 Å². The van der Waals surface area contributed by atoms with E-state index in [4.69, 9.17) is 0 Å². The van der Waals surface area contributed by atoms with Crippen LogP contribution in [0, 0.1) is 0 Å². The molecule has 0 saturated carbocycles. The first-order valence-electron chi connectivity index (χ1n) is 11.5. The molecule has 0 amide bonds. The van der Waals surface area contributed by atoms with E-state index in [0.717, 1.165) is 0 Å². The van der Waals surface area contributed by atoms with Gasteiger partial charge < -0.3 is 9.80 Å². The molecule has 0 saturated heterocycles. The Morgan fingerprint density at radius 1 is 0.520 bits per heavy atom. The first kappa shape index (κ1) is 22.4. The van der Waals surface area contributed by atoms with Crippen LogP contribution in [0.25, 0.3) is 0 Å². The van der Waals surface area contributed by atoms with Crippen LogP contribution in [-0.2, 0) is 0 Å². The van der Waals surface area contributed by atoms with Gasteiger partial charge in [0, 0.05) is 25.5 Å². The summed E-state index contributed by atoms with van der Waals surface area (Å²) in [6.07, 6.45) is 26.3. The summed E-state index contributed by atoms with van der Waals surface area (Å²) in [5.74, 6) is 0. The van der Waals surface area contributed by atoms with Gasteiger partial charge in [-0.2, -0.15) is 0 Å². The van der Waals surface area contributed by atoms with Crippen LogP contribution in [0.5, 0.6) is 0 Å². The van der Waals surface area contributed by atoms with Crippen molar-refractivity contribution in [3.05, 3.63) is 12.4 Å². The monoisotopic (exact) mass is 350 g/mol. The molecule has 0 aromatic rings. The summed E-state index contributed by atoms with van der Waals surface area (Å²) in [6, 6.07) is 0. The lowest BCUT2D eigenvalue weighted by Gasteiger charge is -2.30. The summed E-state index contributed by atoms with van der Waals surface area (Å²) < 4.78 is 0. The Balaban J connectivity index is 1.95. The van der Waals surface area contributed by atoms with Gasteiger partial charge in [0.05, 0.1) is 6.17 Å². The van der Waals surface area contributed by atoms with Crippen molar-refractivity contribution in [2.75, 3.05) is 13.1 Å². The molecule has 0 radical (unpaired) electrons. The average molecular weight is 351 g/mol. The van der Waals surface area contributed by atoms with Gasteiger partial charge in [-0.15, -0.1) is 0 Å². The van der Waals surface area contributed by atoms with Crippen LogP contribution < -0.4 is 0 Å². The van der Waals surface area contributed by atoms with Crippen molar-refractivity contribution >= 4 is 0 Å². The predicted molar refractivity (Wildman–Crippen MR) is 113 cm³/mol. The van der Waals surface area contributed by atoms with Gasteiger partial charge in [-0.3, -0.25) is 0 Å². The SMILES string of the molecule is CCCCCCCCCCCN1C=CN(CCCCCCCC)C1C. The van der Waals surface area contributed by atoms with E-state index in [0.29, 0.717) is 6.17 Å². The molecule has 1 aliphatic rings. The van der Waals surface area contributed by atoms with Gasteiger partial charge in [-0.05, 0) is 19.8 Å². The molecule has 148 valence electrons. The van der Waals surface area contributed by atoms with Crippen LogP contribution in [0.2, 0.25) is 0 Å². The number of nitrogens with zero attached hydrogens (tertiary/aromatic N) is 2. The third-order valence-corrected chi connectivity index (χ3v) is 5.70. The van der Waals surface area contributed by atoms with Gasteiger partial charge in [-0.25, -0.2) is 0 Å². The van der Waals surface area contributed by atoms with Crippen LogP contribution in [0.4, 0.5) is 0 Å². The molecule has 0 bridgehead atoms. The van der Waals surface area contributed by atoms with Crippen molar-refractivity contribution in [3.63, 3.8) is 0 Å². The smallest absolute Gasteiger partial charge is 0.0977 e. The summed E-state index contributed by atoms with van der Waals surface area (Å²) in [5.41, 5.74) is 0. The molecule has 25 heavy (non-hydrogen) atoms. The molecular weight excluding hydrogens is 304 g/mol.